The van der Waals surface area contributed by atoms with Crippen molar-refractivity contribution in [3.05, 3.63) is 59.7 Å². The number of aromatic hydroxyl groups is 1. The summed E-state index contributed by atoms with van der Waals surface area (Å²) in [6.07, 6.45) is 0.329. The highest BCUT2D eigenvalue weighted by Gasteiger charge is 2.07. The smallest absolute Gasteiger partial charge is 0.228 e. The average molecular weight is 241 g/mol. The Bertz CT molecular complexity index is 550. The summed E-state index contributed by atoms with van der Waals surface area (Å²) in [4.78, 5) is 11.9. The van der Waals surface area contributed by atoms with Crippen LogP contribution in [-0.4, -0.2) is 11.0 Å². The van der Waals surface area contributed by atoms with Crippen LogP contribution in [0.4, 0.5) is 5.69 Å². The molecule has 0 aliphatic carbocycles. The number of carbonyl (C=O) groups is 1. The number of carbonyl (C=O) groups excluding carboxylic acids is 1. The standard InChI is InChI=1S/C15H15NO2/c1-11-13(8-5-9-14(11)17)16-15(18)10-12-6-3-2-4-7-12/h2-9,17H,10H2,1H3,(H,16,18). The number of hydrogen-bond acceptors (Lipinski definition) is 2. The fourth-order valence-corrected chi connectivity index (χ4v) is 1.73. The van der Waals surface area contributed by atoms with E-state index < -0.39 is 0 Å². The zero-order valence-corrected chi connectivity index (χ0v) is 10.2. The number of benzene rings is 2. The number of hydrogen-bond donors (Lipinski definition) is 2. The third-order valence-corrected chi connectivity index (χ3v) is 2.79. The molecule has 0 atom stereocenters. The van der Waals surface area contributed by atoms with E-state index in [9.17, 15) is 9.90 Å². The lowest BCUT2D eigenvalue weighted by molar-refractivity contribution is -0.115. The number of phenolic OH excluding ortho intramolecular Hbond substituents is 1. The van der Waals surface area contributed by atoms with Gasteiger partial charge in [0.25, 0.3) is 0 Å². The van der Waals surface area contributed by atoms with Crippen LogP contribution >= 0.6 is 0 Å². The first-order chi connectivity index (χ1) is 8.66. The summed E-state index contributed by atoms with van der Waals surface area (Å²) in [7, 11) is 0. The number of nitrogens with one attached hydrogen (secondary N) is 1. The molecule has 2 aromatic carbocycles. The molecule has 0 fully saturated rings. The van der Waals surface area contributed by atoms with E-state index in [0.717, 1.165) is 5.56 Å². The number of anilines is 1. The lowest BCUT2D eigenvalue weighted by Gasteiger charge is -2.09. The third kappa shape index (κ3) is 2.88. The van der Waals surface area contributed by atoms with Crippen molar-refractivity contribution in [1.82, 2.24) is 0 Å². The molecule has 3 heteroatoms. The molecule has 18 heavy (non-hydrogen) atoms. The van der Waals surface area contributed by atoms with Gasteiger partial charge in [-0.1, -0.05) is 36.4 Å². The van der Waals surface area contributed by atoms with Crippen LogP contribution in [0.2, 0.25) is 0 Å². The highest BCUT2D eigenvalue weighted by Crippen LogP contribution is 2.23. The van der Waals surface area contributed by atoms with Crippen molar-refractivity contribution in [3.8, 4) is 5.75 Å². The SMILES string of the molecule is Cc1c(O)cccc1NC(=O)Cc1ccccc1. The minimum atomic E-state index is -0.0881. The van der Waals surface area contributed by atoms with Gasteiger partial charge in [-0.15, -0.1) is 0 Å². The molecule has 0 radical (unpaired) electrons. The lowest BCUT2D eigenvalue weighted by atomic mass is 10.1. The van der Waals surface area contributed by atoms with Crippen molar-refractivity contribution in [2.45, 2.75) is 13.3 Å². The molecule has 0 unspecified atom stereocenters. The van der Waals surface area contributed by atoms with Gasteiger partial charge in [0.15, 0.2) is 0 Å². The van der Waals surface area contributed by atoms with Crippen LogP contribution in [0, 0.1) is 6.92 Å². The maximum absolute atomic E-state index is 11.9. The zero-order valence-electron chi connectivity index (χ0n) is 10.2. The van der Waals surface area contributed by atoms with E-state index in [1.54, 1.807) is 25.1 Å². The molecular weight excluding hydrogens is 226 g/mol. The molecule has 0 heterocycles. The van der Waals surface area contributed by atoms with Crippen LogP contribution in [0.25, 0.3) is 0 Å². The average Bonchev–Trinajstić information content (AvgIpc) is 2.36. The predicted molar refractivity (Wildman–Crippen MR) is 71.6 cm³/mol. The van der Waals surface area contributed by atoms with Crippen LogP contribution in [0.1, 0.15) is 11.1 Å². The predicted octanol–water partition coefficient (Wildman–Crippen LogP) is 2.88. The molecule has 92 valence electrons. The largest absolute Gasteiger partial charge is 0.508 e. The minimum Gasteiger partial charge on any atom is -0.508 e. The molecule has 0 aliphatic rings. The fourth-order valence-electron chi connectivity index (χ4n) is 1.73. The Morgan fingerprint density at radius 3 is 2.56 bits per heavy atom. The van der Waals surface area contributed by atoms with Crippen molar-refractivity contribution in [2.75, 3.05) is 5.32 Å². The molecule has 2 rings (SSSR count). The summed E-state index contributed by atoms with van der Waals surface area (Å²) in [5.41, 5.74) is 2.29. The molecule has 0 saturated heterocycles. The Morgan fingerprint density at radius 2 is 1.83 bits per heavy atom. The summed E-state index contributed by atoms with van der Waals surface area (Å²) in [5.74, 6) is 0.0995. The second kappa shape index (κ2) is 5.36. The van der Waals surface area contributed by atoms with Crippen LogP contribution < -0.4 is 5.32 Å². The minimum absolute atomic E-state index is 0.0881. The maximum atomic E-state index is 11.9. The quantitative estimate of drug-likeness (QED) is 0.868. The van der Waals surface area contributed by atoms with Gasteiger partial charge in [-0.3, -0.25) is 4.79 Å². The summed E-state index contributed by atoms with van der Waals surface area (Å²) in [6.45, 7) is 1.77. The molecule has 2 N–H and O–H groups in total. The van der Waals surface area contributed by atoms with Gasteiger partial charge in [0, 0.05) is 11.3 Å². The lowest BCUT2D eigenvalue weighted by Crippen LogP contribution is -2.15. The van der Waals surface area contributed by atoms with Gasteiger partial charge in [0.2, 0.25) is 5.91 Å². The van der Waals surface area contributed by atoms with Gasteiger partial charge in [0.1, 0.15) is 5.75 Å². The molecule has 0 aromatic heterocycles. The van der Waals surface area contributed by atoms with E-state index >= 15 is 0 Å². The van der Waals surface area contributed by atoms with Crippen LogP contribution in [-0.2, 0) is 11.2 Å². The van der Waals surface area contributed by atoms with Gasteiger partial charge in [-0.2, -0.15) is 0 Å². The molecule has 0 bridgehead atoms. The van der Waals surface area contributed by atoms with E-state index in [0.29, 0.717) is 17.7 Å². The molecule has 0 spiro atoms. The van der Waals surface area contributed by atoms with E-state index in [1.807, 2.05) is 30.3 Å². The highest BCUT2D eigenvalue weighted by molar-refractivity contribution is 5.93. The van der Waals surface area contributed by atoms with Gasteiger partial charge >= 0.3 is 0 Å². The molecule has 2 aromatic rings. The van der Waals surface area contributed by atoms with E-state index in [4.69, 9.17) is 0 Å². The first kappa shape index (κ1) is 12.2. The van der Waals surface area contributed by atoms with Gasteiger partial charge < -0.3 is 10.4 Å². The maximum Gasteiger partial charge on any atom is 0.228 e. The molecular formula is C15H15NO2. The first-order valence-electron chi connectivity index (χ1n) is 5.79. The van der Waals surface area contributed by atoms with Gasteiger partial charge in [-0.25, -0.2) is 0 Å². The Labute approximate surface area is 106 Å². The molecule has 3 nitrogen and oxygen atoms in total. The van der Waals surface area contributed by atoms with Crippen molar-refractivity contribution in [2.24, 2.45) is 0 Å². The van der Waals surface area contributed by atoms with Crippen LogP contribution in [0.5, 0.6) is 5.75 Å². The Kier molecular flexibility index (Phi) is 3.63. The highest BCUT2D eigenvalue weighted by atomic mass is 16.3. The topological polar surface area (TPSA) is 49.3 Å². The second-order valence-electron chi connectivity index (χ2n) is 4.16. The Morgan fingerprint density at radius 1 is 1.11 bits per heavy atom. The van der Waals surface area contributed by atoms with E-state index in [1.165, 1.54) is 0 Å². The number of amides is 1. The fraction of sp³-hybridized carbons (Fsp3) is 0.133. The molecule has 0 saturated carbocycles. The molecule has 0 aliphatic heterocycles. The van der Waals surface area contributed by atoms with Crippen molar-refractivity contribution >= 4 is 11.6 Å². The van der Waals surface area contributed by atoms with E-state index in [-0.39, 0.29) is 11.7 Å². The monoisotopic (exact) mass is 241 g/mol. The zero-order chi connectivity index (χ0) is 13.0. The molecule has 1 amide bonds. The number of rotatable bonds is 3. The third-order valence-electron chi connectivity index (χ3n) is 2.79. The second-order valence-corrected chi connectivity index (χ2v) is 4.16. The summed E-state index contributed by atoms with van der Waals surface area (Å²) >= 11 is 0. The van der Waals surface area contributed by atoms with Crippen molar-refractivity contribution in [3.63, 3.8) is 0 Å². The first-order valence-corrected chi connectivity index (χ1v) is 5.79. The Hall–Kier alpha value is -2.29. The van der Waals surface area contributed by atoms with Crippen LogP contribution in [0.3, 0.4) is 0 Å². The van der Waals surface area contributed by atoms with Crippen LogP contribution in [0.15, 0.2) is 48.5 Å². The van der Waals surface area contributed by atoms with Gasteiger partial charge in [0.05, 0.1) is 6.42 Å². The Balaban J connectivity index is 2.06. The van der Waals surface area contributed by atoms with E-state index in [2.05, 4.69) is 5.32 Å². The number of phenols is 1. The normalized spacial score (nSPS) is 10.1. The van der Waals surface area contributed by atoms with Crippen molar-refractivity contribution in [1.29, 1.82) is 0 Å². The summed E-state index contributed by atoms with van der Waals surface area (Å²) in [6, 6.07) is 14.6. The van der Waals surface area contributed by atoms with Gasteiger partial charge in [-0.05, 0) is 24.6 Å². The summed E-state index contributed by atoms with van der Waals surface area (Å²) < 4.78 is 0. The summed E-state index contributed by atoms with van der Waals surface area (Å²) in [5, 5.41) is 12.4. The van der Waals surface area contributed by atoms with Crippen molar-refractivity contribution < 1.29 is 9.90 Å².